The van der Waals surface area contributed by atoms with Crippen LogP contribution < -0.4 is 5.73 Å². The van der Waals surface area contributed by atoms with Crippen LogP contribution in [0.4, 0.5) is 8.78 Å². The van der Waals surface area contributed by atoms with Gasteiger partial charge in [-0.2, -0.15) is 0 Å². The van der Waals surface area contributed by atoms with Crippen molar-refractivity contribution >= 4 is 0 Å². The number of hydrogen-bond donors (Lipinski definition) is 2. The van der Waals surface area contributed by atoms with E-state index in [4.69, 9.17) is 10.8 Å². The first-order chi connectivity index (χ1) is 5.56. The molecule has 0 aliphatic carbocycles. The van der Waals surface area contributed by atoms with Gasteiger partial charge in [-0.3, -0.25) is 4.90 Å². The summed E-state index contributed by atoms with van der Waals surface area (Å²) in [5.41, 5.74) is 5.51. The Morgan fingerprint density at radius 1 is 1.42 bits per heavy atom. The second-order valence-corrected chi connectivity index (χ2v) is 2.88. The van der Waals surface area contributed by atoms with Gasteiger partial charge in [-0.15, -0.1) is 0 Å². The number of nitrogens with two attached hydrogens (primary N) is 1. The Bertz CT molecular complexity index is 114. The maximum absolute atomic E-state index is 11.8. The molecule has 0 saturated heterocycles. The molecule has 0 amide bonds. The minimum Gasteiger partial charge on any atom is -0.396 e. The third kappa shape index (κ3) is 6.45. The van der Waals surface area contributed by atoms with Gasteiger partial charge in [0.15, 0.2) is 0 Å². The predicted octanol–water partition coefficient (Wildman–Crippen LogP) is -0.107. The number of aliphatic hydroxyl groups is 1. The highest BCUT2D eigenvalue weighted by Crippen LogP contribution is 1.97. The molecule has 5 heteroatoms. The van der Waals surface area contributed by atoms with Gasteiger partial charge in [0.2, 0.25) is 0 Å². The smallest absolute Gasteiger partial charge is 0.251 e. The van der Waals surface area contributed by atoms with Crippen molar-refractivity contribution < 1.29 is 13.9 Å². The van der Waals surface area contributed by atoms with E-state index in [9.17, 15) is 8.78 Å². The van der Waals surface area contributed by atoms with Crippen molar-refractivity contribution in [3.05, 3.63) is 0 Å². The van der Waals surface area contributed by atoms with Crippen LogP contribution in [-0.4, -0.2) is 49.2 Å². The first-order valence-corrected chi connectivity index (χ1v) is 3.89. The summed E-state index contributed by atoms with van der Waals surface area (Å²) in [6, 6.07) is -0.223. The molecule has 12 heavy (non-hydrogen) atoms. The second kappa shape index (κ2) is 6.28. The molecule has 0 saturated carbocycles. The van der Waals surface area contributed by atoms with Crippen molar-refractivity contribution in [2.45, 2.75) is 18.9 Å². The monoisotopic (exact) mass is 182 g/mol. The quantitative estimate of drug-likeness (QED) is 0.602. The van der Waals surface area contributed by atoms with Crippen LogP contribution in [0.5, 0.6) is 0 Å². The fourth-order valence-corrected chi connectivity index (χ4v) is 0.968. The van der Waals surface area contributed by atoms with E-state index in [1.54, 1.807) is 7.05 Å². The summed E-state index contributed by atoms with van der Waals surface area (Å²) < 4.78 is 23.6. The van der Waals surface area contributed by atoms with E-state index in [1.807, 2.05) is 0 Å². The molecule has 0 aliphatic rings. The van der Waals surface area contributed by atoms with Crippen molar-refractivity contribution in [1.29, 1.82) is 0 Å². The van der Waals surface area contributed by atoms with Crippen LogP contribution >= 0.6 is 0 Å². The number of alkyl halides is 2. The van der Waals surface area contributed by atoms with Gasteiger partial charge in [0, 0.05) is 19.2 Å². The third-order valence-electron chi connectivity index (χ3n) is 1.50. The second-order valence-electron chi connectivity index (χ2n) is 2.88. The Morgan fingerprint density at radius 3 is 2.42 bits per heavy atom. The lowest BCUT2D eigenvalue weighted by molar-refractivity contribution is 0.0964. The van der Waals surface area contributed by atoms with E-state index in [0.29, 0.717) is 13.0 Å². The molecule has 1 atom stereocenters. The normalized spacial score (nSPS) is 14.2. The molecule has 0 heterocycles. The summed E-state index contributed by atoms with van der Waals surface area (Å²) in [6.07, 6.45) is -1.87. The van der Waals surface area contributed by atoms with Gasteiger partial charge in [-0.25, -0.2) is 8.78 Å². The molecule has 0 aromatic carbocycles. The lowest BCUT2D eigenvalue weighted by Crippen LogP contribution is -2.38. The average molecular weight is 182 g/mol. The van der Waals surface area contributed by atoms with E-state index in [2.05, 4.69) is 0 Å². The molecule has 0 aromatic heterocycles. The predicted molar refractivity (Wildman–Crippen MR) is 43.2 cm³/mol. The van der Waals surface area contributed by atoms with Crippen molar-refractivity contribution in [2.24, 2.45) is 5.73 Å². The SMILES string of the molecule is CN(CC(F)F)CC(N)CCO. The van der Waals surface area contributed by atoms with Crippen LogP contribution in [0.2, 0.25) is 0 Å². The summed E-state index contributed by atoms with van der Waals surface area (Å²) in [5, 5.41) is 8.48. The summed E-state index contributed by atoms with van der Waals surface area (Å²) >= 11 is 0. The Kier molecular flexibility index (Phi) is 6.14. The van der Waals surface area contributed by atoms with E-state index in [1.165, 1.54) is 4.90 Å². The highest BCUT2D eigenvalue weighted by atomic mass is 19.3. The van der Waals surface area contributed by atoms with E-state index in [-0.39, 0.29) is 19.2 Å². The molecule has 0 spiro atoms. The topological polar surface area (TPSA) is 49.5 Å². The van der Waals surface area contributed by atoms with Crippen molar-refractivity contribution in [3.8, 4) is 0 Å². The molecule has 0 rings (SSSR count). The minimum atomic E-state index is -2.32. The molecule has 0 bridgehead atoms. The van der Waals surface area contributed by atoms with Crippen LogP contribution in [0.3, 0.4) is 0 Å². The number of likely N-dealkylation sites (N-methyl/N-ethyl adjacent to an activating group) is 1. The lowest BCUT2D eigenvalue weighted by atomic mass is 10.2. The largest absolute Gasteiger partial charge is 0.396 e. The van der Waals surface area contributed by atoms with Gasteiger partial charge in [0.1, 0.15) is 0 Å². The molecule has 74 valence electrons. The number of aliphatic hydroxyl groups excluding tert-OH is 1. The molecule has 0 fully saturated rings. The van der Waals surface area contributed by atoms with Crippen LogP contribution in [0.25, 0.3) is 0 Å². The fourth-order valence-electron chi connectivity index (χ4n) is 0.968. The standard InChI is InChI=1S/C7H16F2N2O/c1-11(5-7(8)9)4-6(10)2-3-12/h6-7,12H,2-5,10H2,1H3. The molecular weight excluding hydrogens is 166 g/mol. The van der Waals surface area contributed by atoms with E-state index >= 15 is 0 Å². The average Bonchev–Trinajstić information content (AvgIpc) is 1.84. The number of halogens is 2. The summed E-state index contributed by atoms with van der Waals surface area (Å²) in [4.78, 5) is 1.46. The number of nitrogens with zero attached hydrogens (tertiary/aromatic N) is 1. The minimum absolute atomic E-state index is 0.00366. The van der Waals surface area contributed by atoms with Crippen LogP contribution in [-0.2, 0) is 0 Å². The zero-order valence-corrected chi connectivity index (χ0v) is 7.21. The molecule has 0 aliphatic heterocycles. The van der Waals surface area contributed by atoms with Gasteiger partial charge < -0.3 is 10.8 Å². The maximum atomic E-state index is 11.8. The lowest BCUT2D eigenvalue weighted by Gasteiger charge is -2.19. The highest BCUT2D eigenvalue weighted by molar-refractivity contribution is 4.65. The van der Waals surface area contributed by atoms with Gasteiger partial charge in [-0.05, 0) is 13.5 Å². The Balaban J connectivity index is 3.46. The van der Waals surface area contributed by atoms with Gasteiger partial charge in [-0.1, -0.05) is 0 Å². The van der Waals surface area contributed by atoms with Crippen LogP contribution in [0.1, 0.15) is 6.42 Å². The van der Waals surface area contributed by atoms with Crippen LogP contribution in [0, 0.1) is 0 Å². The molecule has 3 nitrogen and oxygen atoms in total. The Labute approximate surface area is 71.2 Å². The number of rotatable bonds is 6. The highest BCUT2D eigenvalue weighted by Gasteiger charge is 2.10. The summed E-state index contributed by atoms with van der Waals surface area (Å²) in [7, 11) is 1.59. The Hall–Kier alpha value is -0.260. The molecule has 0 radical (unpaired) electrons. The first kappa shape index (κ1) is 11.7. The van der Waals surface area contributed by atoms with Gasteiger partial charge >= 0.3 is 0 Å². The number of hydrogen-bond acceptors (Lipinski definition) is 3. The van der Waals surface area contributed by atoms with Crippen molar-refractivity contribution in [2.75, 3.05) is 26.7 Å². The molecule has 1 unspecified atom stereocenters. The molecule has 0 aromatic rings. The molecule has 3 N–H and O–H groups in total. The zero-order valence-electron chi connectivity index (χ0n) is 7.21. The fraction of sp³-hybridized carbons (Fsp3) is 1.00. The van der Waals surface area contributed by atoms with Crippen LogP contribution in [0.15, 0.2) is 0 Å². The van der Waals surface area contributed by atoms with Crippen molar-refractivity contribution in [3.63, 3.8) is 0 Å². The van der Waals surface area contributed by atoms with E-state index in [0.717, 1.165) is 0 Å². The summed E-state index contributed by atoms with van der Waals surface area (Å²) in [6.45, 7) is 0.133. The summed E-state index contributed by atoms with van der Waals surface area (Å²) in [5.74, 6) is 0. The maximum Gasteiger partial charge on any atom is 0.251 e. The van der Waals surface area contributed by atoms with Crippen molar-refractivity contribution in [1.82, 2.24) is 4.90 Å². The Morgan fingerprint density at radius 2 is 2.00 bits per heavy atom. The van der Waals surface area contributed by atoms with E-state index < -0.39 is 6.43 Å². The van der Waals surface area contributed by atoms with Gasteiger partial charge in [0.25, 0.3) is 6.43 Å². The third-order valence-corrected chi connectivity index (χ3v) is 1.50. The van der Waals surface area contributed by atoms with Gasteiger partial charge in [0.05, 0.1) is 6.54 Å². The molecular formula is C7H16F2N2O. The first-order valence-electron chi connectivity index (χ1n) is 3.89. The zero-order chi connectivity index (χ0) is 9.56.